The van der Waals surface area contributed by atoms with Crippen LogP contribution in [0.25, 0.3) is 5.69 Å². The van der Waals surface area contributed by atoms with E-state index in [-0.39, 0.29) is 16.5 Å². The highest BCUT2D eigenvalue weighted by Crippen LogP contribution is 2.30. The minimum Gasteiger partial charge on any atom is -0.310 e. The van der Waals surface area contributed by atoms with Gasteiger partial charge in [0, 0.05) is 26.0 Å². The lowest BCUT2D eigenvalue weighted by atomic mass is 10.2. The van der Waals surface area contributed by atoms with Crippen LogP contribution in [0.15, 0.2) is 52.5 Å². The monoisotopic (exact) mass is 487 g/mol. The van der Waals surface area contributed by atoms with Crippen LogP contribution in [0.4, 0.5) is 10.2 Å². The Balaban J connectivity index is 1.80. The number of pyridine rings is 1. The van der Waals surface area contributed by atoms with Crippen molar-refractivity contribution in [1.29, 1.82) is 5.26 Å². The van der Waals surface area contributed by atoms with Crippen molar-refractivity contribution >= 4 is 33.5 Å². The number of hydrogen-bond acceptors (Lipinski definition) is 6. The van der Waals surface area contributed by atoms with Gasteiger partial charge >= 0.3 is 0 Å². The molecule has 0 aliphatic rings. The predicted molar refractivity (Wildman–Crippen MR) is 124 cm³/mol. The van der Waals surface area contributed by atoms with Crippen LogP contribution in [-0.4, -0.2) is 48.0 Å². The third-order valence-corrected chi connectivity index (χ3v) is 7.73. The van der Waals surface area contributed by atoms with Gasteiger partial charge in [0.05, 0.1) is 22.0 Å². The Morgan fingerprint density at radius 1 is 1.27 bits per heavy atom. The molecule has 33 heavy (non-hydrogen) atoms. The summed E-state index contributed by atoms with van der Waals surface area (Å²) in [6.07, 6.45) is 1.24. The minimum absolute atomic E-state index is 0.0237. The van der Waals surface area contributed by atoms with Crippen LogP contribution in [0.5, 0.6) is 0 Å². The predicted octanol–water partition coefficient (Wildman–Crippen LogP) is 3.48. The molecule has 3 rings (SSSR count). The van der Waals surface area contributed by atoms with Gasteiger partial charge in [0.2, 0.25) is 15.9 Å². The van der Waals surface area contributed by atoms with E-state index in [4.69, 9.17) is 0 Å². The zero-order valence-electron chi connectivity index (χ0n) is 18.5. The molecule has 2 aromatic heterocycles. The summed E-state index contributed by atoms with van der Waals surface area (Å²) in [6, 6.07) is 10.9. The molecule has 0 radical (unpaired) electrons. The van der Waals surface area contributed by atoms with Gasteiger partial charge in [-0.3, -0.25) is 9.36 Å². The topological polar surface area (TPSA) is 108 Å². The summed E-state index contributed by atoms with van der Waals surface area (Å²) >= 11 is 1.12. The minimum atomic E-state index is -3.59. The molecule has 0 fully saturated rings. The van der Waals surface area contributed by atoms with Gasteiger partial charge in [-0.2, -0.15) is 5.26 Å². The number of carbonyl (C=O) groups excluding carboxylic acids is 1. The highest BCUT2D eigenvalue weighted by atomic mass is 32.2. The number of hydrogen-bond donors (Lipinski definition) is 1. The van der Waals surface area contributed by atoms with Gasteiger partial charge in [-0.05, 0) is 49.7 Å². The van der Waals surface area contributed by atoms with E-state index in [1.54, 1.807) is 30.5 Å². The van der Waals surface area contributed by atoms with E-state index in [9.17, 15) is 22.9 Å². The Morgan fingerprint density at radius 2 is 2.00 bits per heavy atom. The summed E-state index contributed by atoms with van der Waals surface area (Å²) in [4.78, 5) is 16.8. The van der Waals surface area contributed by atoms with E-state index in [0.717, 1.165) is 16.1 Å². The lowest BCUT2D eigenvalue weighted by Gasteiger charge is -2.13. The van der Waals surface area contributed by atoms with E-state index in [1.165, 1.54) is 44.6 Å². The van der Waals surface area contributed by atoms with E-state index < -0.39 is 21.7 Å². The highest BCUT2D eigenvalue weighted by molar-refractivity contribution is 7.99. The number of anilines is 1. The number of carbonyl (C=O) groups is 1. The average molecular weight is 488 g/mol. The zero-order valence-corrected chi connectivity index (χ0v) is 20.1. The zero-order chi connectivity index (χ0) is 24.3. The maximum absolute atomic E-state index is 13.8. The van der Waals surface area contributed by atoms with Crippen LogP contribution in [0.3, 0.4) is 0 Å². The Kier molecular flexibility index (Phi) is 7.22. The number of amides is 1. The van der Waals surface area contributed by atoms with Crippen LogP contribution in [0, 0.1) is 31.0 Å². The molecule has 0 aliphatic carbocycles. The van der Waals surface area contributed by atoms with E-state index in [1.807, 2.05) is 0 Å². The fraction of sp³-hybridized carbons (Fsp3) is 0.227. The van der Waals surface area contributed by atoms with Gasteiger partial charge in [-0.15, -0.1) is 0 Å². The van der Waals surface area contributed by atoms with Crippen LogP contribution < -0.4 is 5.32 Å². The molecule has 1 N–H and O–H groups in total. The second-order valence-corrected chi connectivity index (χ2v) is 10.5. The third kappa shape index (κ3) is 5.08. The lowest BCUT2D eigenvalue weighted by molar-refractivity contribution is -0.113. The van der Waals surface area contributed by atoms with Crippen molar-refractivity contribution in [2.45, 2.75) is 23.8 Å². The quantitative estimate of drug-likeness (QED) is 0.511. The second-order valence-electron chi connectivity index (χ2n) is 7.32. The van der Waals surface area contributed by atoms with Gasteiger partial charge < -0.3 is 5.32 Å². The molecule has 1 aromatic carbocycles. The lowest BCUT2D eigenvalue weighted by Crippen LogP contribution is -2.22. The first-order valence-corrected chi connectivity index (χ1v) is 12.2. The first-order valence-electron chi connectivity index (χ1n) is 9.75. The van der Waals surface area contributed by atoms with Crippen molar-refractivity contribution in [2.24, 2.45) is 0 Å². The number of benzene rings is 1. The molecule has 0 aliphatic heterocycles. The first kappa shape index (κ1) is 24.4. The molecule has 0 saturated carbocycles. The fourth-order valence-corrected chi connectivity index (χ4v) is 4.61. The maximum atomic E-state index is 13.8. The van der Waals surface area contributed by atoms with Crippen molar-refractivity contribution in [3.05, 3.63) is 65.2 Å². The number of nitrogens with zero attached hydrogens (tertiary/aromatic N) is 4. The SMILES string of the molecule is Cc1c(C#N)c(NC(=O)CSc2ccc(S(=O)(=O)N(C)C)cn2)n(-c2cccc(F)c2)c1C. The number of thioether (sulfide) groups is 1. The van der Waals surface area contributed by atoms with E-state index in [2.05, 4.69) is 16.4 Å². The molecule has 3 aromatic rings. The molecule has 1 amide bonds. The average Bonchev–Trinajstić information content (AvgIpc) is 3.01. The second kappa shape index (κ2) is 9.74. The molecule has 0 atom stereocenters. The molecule has 0 spiro atoms. The number of nitrogens with one attached hydrogen (secondary N) is 1. The third-order valence-electron chi connectivity index (χ3n) is 4.99. The Bertz CT molecular complexity index is 1340. The number of aromatic nitrogens is 2. The van der Waals surface area contributed by atoms with Crippen LogP contribution >= 0.6 is 11.8 Å². The van der Waals surface area contributed by atoms with Crippen molar-refractivity contribution in [3.63, 3.8) is 0 Å². The molecular formula is C22H22FN5O3S2. The van der Waals surface area contributed by atoms with Crippen molar-refractivity contribution in [3.8, 4) is 11.8 Å². The summed E-state index contributed by atoms with van der Waals surface area (Å²) in [5.74, 6) is -0.581. The number of halogens is 1. The maximum Gasteiger partial charge on any atom is 0.244 e. The molecule has 0 saturated heterocycles. The number of sulfonamides is 1. The van der Waals surface area contributed by atoms with Crippen molar-refractivity contribution in [1.82, 2.24) is 13.9 Å². The Morgan fingerprint density at radius 3 is 2.58 bits per heavy atom. The number of nitriles is 1. The summed E-state index contributed by atoms with van der Waals surface area (Å²) < 4.78 is 40.8. The largest absolute Gasteiger partial charge is 0.310 e. The Labute approximate surface area is 196 Å². The normalized spacial score (nSPS) is 11.4. The summed E-state index contributed by atoms with van der Waals surface area (Å²) in [5, 5.41) is 12.9. The molecular weight excluding hydrogens is 465 g/mol. The molecule has 0 bridgehead atoms. The fourth-order valence-electron chi connectivity index (χ4n) is 3.12. The van der Waals surface area contributed by atoms with Crippen molar-refractivity contribution in [2.75, 3.05) is 25.2 Å². The molecule has 0 unspecified atom stereocenters. The molecule has 2 heterocycles. The standard InChI is InChI=1S/C22H22FN5O3S2/c1-14-15(2)28(17-7-5-6-16(23)10-17)22(19(14)11-24)26-20(29)13-32-21-9-8-18(12-25-21)33(30,31)27(3)4/h5-10,12H,13H2,1-4H3,(H,26,29). The van der Waals surface area contributed by atoms with E-state index >= 15 is 0 Å². The van der Waals surface area contributed by atoms with Gasteiger partial charge in [-0.1, -0.05) is 17.8 Å². The number of rotatable bonds is 7. The molecule has 8 nitrogen and oxygen atoms in total. The Hall–Kier alpha value is -3.20. The smallest absolute Gasteiger partial charge is 0.244 e. The van der Waals surface area contributed by atoms with Crippen LogP contribution in [-0.2, 0) is 14.8 Å². The van der Waals surface area contributed by atoms with Crippen LogP contribution in [0.1, 0.15) is 16.8 Å². The first-order chi connectivity index (χ1) is 15.6. The van der Waals surface area contributed by atoms with E-state index in [0.29, 0.717) is 27.5 Å². The van der Waals surface area contributed by atoms with Gasteiger partial charge in [-0.25, -0.2) is 22.1 Å². The molecule has 172 valence electrons. The van der Waals surface area contributed by atoms with Crippen LogP contribution in [0.2, 0.25) is 0 Å². The molecule has 11 heteroatoms. The summed E-state index contributed by atoms with van der Waals surface area (Å²) in [5.41, 5.74) is 2.18. The van der Waals surface area contributed by atoms with Gasteiger partial charge in [0.1, 0.15) is 22.6 Å². The summed E-state index contributed by atoms with van der Waals surface area (Å²) in [7, 11) is -0.724. The van der Waals surface area contributed by atoms with Crippen molar-refractivity contribution < 1.29 is 17.6 Å². The van der Waals surface area contributed by atoms with Gasteiger partial charge in [0.25, 0.3) is 0 Å². The summed E-state index contributed by atoms with van der Waals surface area (Å²) in [6.45, 7) is 3.56. The highest BCUT2D eigenvalue weighted by Gasteiger charge is 2.21. The van der Waals surface area contributed by atoms with Gasteiger partial charge in [0.15, 0.2) is 0 Å².